The van der Waals surface area contributed by atoms with Gasteiger partial charge in [0, 0.05) is 5.02 Å². The SMILES string of the molecule is CCC(N)c1noc(-c2cc(Cl)ccc2F)n1. The van der Waals surface area contributed by atoms with Gasteiger partial charge in [0.15, 0.2) is 5.82 Å². The third-order valence-corrected chi connectivity index (χ3v) is 2.61. The van der Waals surface area contributed by atoms with Gasteiger partial charge in [-0.2, -0.15) is 4.98 Å². The molecule has 1 unspecified atom stereocenters. The largest absolute Gasteiger partial charge is 0.334 e. The average molecular weight is 256 g/mol. The maximum atomic E-state index is 13.5. The number of nitrogens with two attached hydrogens (primary N) is 1. The van der Waals surface area contributed by atoms with Crippen molar-refractivity contribution in [2.45, 2.75) is 19.4 Å². The van der Waals surface area contributed by atoms with Crippen LogP contribution in [-0.2, 0) is 0 Å². The van der Waals surface area contributed by atoms with Gasteiger partial charge in [-0.1, -0.05) is 23.7 Å². The zero-order valence-electron chi connectivity index (χ0n) is 9.15. The Kier molecular flexibility index (Phi) is 3.40. The molecule has 0 aliphatic carbocycles. The molecule has 0 spiro atoms. The Bertz CT molecular complexity index is 529. The molecular formula is C11H11ClFN3O. The zero-order chi connectivity index (χ0) is 12.4. The summed E-state index contributed by atoms with van der Waals surface area (Å²) in [7, 11) is 0. The molecule has 17 heavy (non-hydrogen) atoms. The molecule has 2 rings (SSSR count). The fourth-order valence-electron chi connectivity index (χ4n) is 1.34. The van der Waals surface area contributed by atoms with E-state index in [0.29, 0.717) is 17.3 Å². The Labute approximate surface area is 103 Å². The van der Waals surface area contributed by atoms with E-state index in [9.17, 15) is 4.39 Å². The third kappa shape index (κ3) is 2.45. The van der Waals surface area contributed by atoms with Crippen molar-refractivity contribution in [2.75, 3.05) is 0 Å². The first-order valence-corrected chi connectivity index (χ1v) is 5.54. The van der Waals surface area contributed by atoms with Crippen LogP contribution >= 0.6 is 11.6 Å². The first kappa shape index (κ1) is 12.0. The fourth-order valence-corrected chi connectivity index (χ4v) is 1.51. The van der Waals surface area contributed by atoms with Crippen LogP contribution in [0.1, 0.15) is 25.2 Å². The van der Waals surface area contributed by atoms with Crippen molar-refractivity contribution in [2.24, 2.45) is 5.73 Å². The molecule has 0 radical (unpaired) electrons. The fraction of sp³-hybridized carbons (Fsp3) is 0.273. The molecule has 0 fully saturated rings. The molecule has 2 aromatic rings. The number of benzene rings is 1. The van der Waals surface area contributed by atoms with Crippen LogP contribution in [0.3, 0.4) is 0 Å². The van der Waals surface area contributed by atoms with Gasteiger partial charge in [0.2, 0.25) is 0 Å². The quantitative estimate of drug-likeness (QED) is 0.916. The highest BCUT2D eigenvalue weighted by Crippen LogP contribution is 2.25. The summed E-state index contributed by atoms with van der Waals surface area (Å²) >= 11 is 5.78. The molecule has 1 heterocycles. The Morgan fingerprint density at radius 1 is 1.53 bits per heavy atom. The van der Waals surface area contributed by atoms with Gasteiger partial charge in [-0.15, -0.1) is 0 Å². The van der Waals surface area contributed by atoms with Gasteiger partial charge in [-0.05, 0) is 24.6 Å². The number of halogens is 2. The van der Waals surface area contributed by atoms with E-state index >= 15 is 0 Å². The lowest BCUT2D eigenvalue weighted by Gasteiger charge is -2.00. The average Bonchev–Trinajstić information content (AvgIpc) is 2.80. The molecule has 4 nitrogen and oxygen atoms in total. The summed E-state index contributed by atoms with van der Waals surface area (Å²) in [4.78, 5) is 4.05. The second-order valence-corrected chi connectivity index (χ2v) is 4.03. The lowest BCUT2D eigenvalue weighted by atomic mass is 10.2. The molecule has 0 aliphatic rings. The van der Waals surface area contributed by atoms with Crippen molar-refractivity contribution in [1.29, 1.82) is 0 Å². The van der Waals surface area contributed by atoms with E-state index in [2.05, 4.69) is 10.1 Å². The normalized spacial score (nSPS) is 12.7. The third-order valence-electron chi connectivity index (χ3n) is 2.37. The molecule has 0 saturated heterocycles. The highest BCUT2D eigenvalue weighted by molar-refractivity contribution is 6.30. The van der Waals surface area contributed by atoms with Crippen molar-refractivity contribution < 1.29 is 8.91 Å². The Morgan fingerprint density at radius 3 is 3.00 bits per heavy atom. The maximum absolute atomic E-state index is 13.5. The molecular weight excluding hydrogens is 245 g/mol. The number of rotatable bonds is 3. The number of hydrogen-bond donors (Lipinski definition) is 1. The molecule has 0 bridgehead atoms. The van der Waals surface area contributed by atoms with Crippen LogP contribution in [0.2, 0.25) is 5.02 Å². The predicted molar refractivity (Wildman–Crippen MR) is 61.9 cm³/mol. The van der Waals surface area contributed by atoms with Gasteiger partial charge in [-0.3, -0.25) is 0 Å². The lowest BCUT2D eigenvalue weighted by molar-refractivity contribution is 0.413. The monoisotopic (exact) mass is 255 g/mol. The first-order chi connectivity index (χ1) is 8.11. The van der Waals surface area contributed by atoms with Gasteiger partial charge >= 0.3 is 0 Å². The molecule has 0 amide bonds. The molecule has 0 aliphatic heterocycles. The van der Waals surface area contributed by atoms with Gasteiger partial charge in [0.05, 0.1) is 11.6 Å². The van der Waals surface area contributed by atoms with Gasteiger partial charge in [0.25, 0.3) is 5.89 Å². The number of nitrogens with zero attached hydrogens (tertiary/aromatic N) is 2. The summed E-state index contributed by atoms with van der Waals surface area (Å²) in [6, 6.07) is 3.83. The summed E-state index contributed by atoms with van der Waals surface area (Å²) in [6.07, 6.45) is 0.678. The van der Waals surface area contributed by atoms with Crippen molar-refractivity contribution in [3.05, 3.63) is 34.9 Å². The number of hydrogen-bond acceptors (Lipinski definition) is 4. The van der Waals surface area contributed by atoms with Gasteiger partial charge < -0.3 is 10.3 Å². The Balaban J connectivity index is 2.40. The Morgan fingerprint density at radius 2 is 2.29 bits per heavy atom. The molecule has 90 valence electrons. The smallest absolute Gasteiger partial charge is 0.261 e. The van der Waals surface area contributed by atoms with Crippen LogP contribution < -0.4 is 5.73 Å². The van der Waals surface area contributed by atoms with E-state index in [1.165, 1.54) is 18.2 Å². The molecule has 1 aromatic carbocycles. The summed E-state index contributed by atoms with van der Waals surface area (Å²) in [6.45, 7) is 1.90. The molecule has 1 atom stereocenters. The van der Waals surface area contributed by atoms with Crippen LogP contribution in [0.25, 0.3) is 11.5 Å². The summed E-state index contributed by atoms with van der Waals surface area (Å²) in [5.74, 6) is -0.0135. The van der Waals surface area contributed by atoms with Crippen molar-refractivity contribution in [3.8, 4) is 11.5 Å². The van der Waals surface area contributed by atoms with Crippen molar-refractivity contribution >= 4 is 11.6 Å². The van der Waals surface area contributed by atoms with Crippen LogP contribution in [0.5, 0.6) is 0 Å². The first-order valence-electron chi connectivity index (χ1n) is 5.16. The van der Waals surface area contributed by atoms with E-state index in [1.807, 2.05) is 6.92 Å². The van der Waals surface area contributed by atoms with E-state index < -0.39 is 5.82 Å². The van der Waals surface area contributed by atoms with Crippen LogP contribution in [-0.4, -0.2) is 10.1 Å². The van der Waals surface area contributed by atoms with E-state index in [4.69, 9.17) is 21.9 Å². The lowest BCUT2D eigenvalue weighted by Crippen LogP contribution is -2.10. The van der Waals surface area contributed by atoms with Gasteiger partial charge in [0.1, 0.15) is 5.82 Å². The molecule has 0 saturated carbocycles. The number of aromatic nitrogens is 2. The Hall–Kier alpha value is -1.46. The van der Waals surface area contributed by atoms with Crippen LogP contribution in [0, 0.1) is 5.82 Å². The van der Waals surface area contributed by atoms with Crippen molar-refractivity contribution in [3.63, 3.8) is 0 Å². The topological polar surface area (TPSA) is 64.9 Å². The van der Waals surface area contributed by atoms with E-state index in [1.54, 1.807) is 0 Å². The maximum Gasteiger partial charge on any atom is 0.261 e. The molecule has 1 aromatic heterocycles. The van der Waals surface area contributed by atoms with Gasteiger partial charge in [-0.25, -0.2) is 4.39 Å². The van der Waals surface area contributed by atoms with Crippen LogP contribution in [0.15, 0.2) is 22.7 Å². The minimum absolute atomic E-state index is 0.0869. The molecule has 2 N–H and O–H groups in total. The highest BCUT2D eigenvalue weighted by atomic mass is 35.5. The second-order valence-electron chi connectivity index (χ2n) is 3.60. The van der Waals surface area contributed by atoms with E-state index in [0.717, 1.165) is 0 Å². The van der Waals surface area contributed by atoms with Crippen LogP contribution in [0.4, 0.5) is 4.39 Å². The zero-order valence-corrected chi connectivity index (χ0v) is 9.91. The molecule has 6 heteroatoms. The summed E-state index contributed by atoms with van der Waals surface area (Å²) in [5, 5.41) is 4.12. The highest BCUT2D eigenvalue weighted by Gasteiger charge is 2.16. The predicted octanol–water partition coefficient (Wildman–Crippen LogP) is 2.94. The van der Waals surface area contributed by atoms with E-state index in [-0.39, 0.29) is 17.5 Å². The summed E-state index contributed by atoms with van der Waals surface area (Å²) in [5.41, 5.74) is 5.93. The second kappa shape index (κ2) is 4.81. The van der Waals surface area contributed by atoms with Crippen molar-refractivity contribution in [1.82, 2.24) is 10.1 Å². The standard InChI is InChI=1S/C11H11ClFN3O/c1-2-9(14)10-15-11(17-16-10)7-5-6(12)3-4-8(7)13/h3-5,9H,2,14H2,1H3. The minimum Gasteiger partial charge on any atom is -0.334 e. The minimum atomic E-state index is -0.463. The summed E-state index contributed by atoms with van der Waals surface area (Å²) < 4.78 is 18.5.